The van der Waals surface area contributed by atoms with E-state index < -0.39 is 11.6 Å². The fourth-order valence-corrected chi connectivity index (χ4v) is 1.51. The Bertz CT molecular complexity index is 582. The number of aryl methyl sites for hydroxylation is 1. The Hall–Kier alpha value is -2.18. The molecule has 0 N–H and O–H groups in total. The van der Waals surface area contributed by atoms with Crippen molar-refractivity contribution in [3.8, 4) is 0 Å². The topological polar surface area (TPSA) is 60.7 Å². The lowest BCUT2D eigenvalue weighted by atomic mass is 10.1. The molecule has 7 heteroatoms. The van der Waals surface area contributed by atoms with E-state index in [-0.39, 0.29) is 18.6 Å². The Morgan fingerprint density at radius 1 is 1.28 bits per heavy atom. The first-order valence-electron chi connectivity index (χ1n) is 5.23. The quantitative estimate of drug-likeness (QED) is 0.809. The third-order valence-corrected chi connectivity index (χ3v) is 2.29. The van der Waals surface area contributed by atoms with Crippen molar-refractivity contribution in [2.45, 2.75) is 12.8 Å². The Morgan fingerprint density at radius 2 is 2.06 bits per heavy atom. The van der Waals surface area contributed by atoms with E-state index in [0.717, 1.165) is 12.1 Å². The molecular formula is C11H10F2N4O. The van der Waals surface area contributed by atoms with Gasteiger partial charge >= 0.3 is 0 Å². The van der Waals surface area contributed by atoms with E-state index in [1.54, 1.807) is 7.05 Å². The van der Waals surface area contributed by atoms with Gasteiger partial charge in [-0.2, -0.15) is 4.80 Å². The normalized spacial score (nSPS) is 10.6. The molecule has 18 heavy (non-hydrogen) atoms. The number of carbonyl (C=O) groups is 1. The number of hydrogen-bond donors (Lipinski definition) is 0. The molecule has 0 atom stereocenters. The van der Waals surface area contributed by atoms with Crippen LogP contribution in [0.2, 0.25) is 0 Å². The van der Waals surface area contributed by atoms with Crippen LogP contribution in [0.1, 0.15) is 11.4 Å². The summed E-state index contributed by atoms with van der Waals surface area (Å²) < 4.78 is 25.6. The lowest BCUT2D eigenvalue weighted by molar-refractivity contribution is -0.117. The molecule has 2 rings (SSSR count). The highest BCUT2D eigenvalue weighted by molar-refractivity contribution is 5.82. The maximum absolute atomic E-state index is 12.9. The summed E-state index contributed by atoms with van der Waals surface area (Å²) in [4.78, 5) is 12.9. The van der Waals surface area contributed by atoms with Crippen LogP contribution in [0.15, 0.2) is 18.2 Å². The zero-order valence-electron chi connectivity index (χ0n) is 9.60. The summed E-state index contributed by atoms with van der Waals surface area (Å²) in [6.45, 7) is 0. The highest BCUT2D eigenvalue weighted by Crippen LogP contribution is 2.10. The van der Waals surface area contributed by atoms with E-state index in [1.807, 2.05) is 0 Å². The van der Waals surface area contributed by atoms with Crippen molar-refractivity contribution in [1.82, 2.24) is 20.2 Å². The van der Waals surface area contributed by atoms with E-state index in [4.69, 9.17) is 0 Å². The molecule has 0 aliphatic rings. The third kappa shape index (κ3) is 2.93. The van der Waals surface area contributed by atoms with Crippen molar-refractivity contribution in [2.75, 3.05) is 0 Å². The van der Waals surface area contributed by atoms with E-state index in [2.05, 4.69) is 15.4 Å². The Kier molecular flexibility index (Phi) is 3.40. The van der Waals surface area contributed by atoms with Gasteiger partial charge < -0.3 is 0 Å². The van der Waals surface area contributed by atoms with Crippen LogP contribution >= 0.6 is 0 Å². The summed E-state index contributed by atoms with van der Waals surface area (Å²) >= 11 is 0. The van der Waals surface area contributed by atoms with Gasteiger partial charge in [-0.1, -0.05) is 6.07 Å². The summed E-state index contributed by atoms with van der Waals surface area (Å²) in [6.07, 6.45) is 0.0300. The SMILES string of the molecule is Cn1nnc(CC(=O)Cc2ccc(F)c(F)c2)n1. The second-order valence-corrected chi connectivity index (χ2v) is 3.84. The predicted molar refractivity (Wildman–Crippen MR) is 57.6 cm³/mol. The molecule has 1 heterocycles. The van der Waals surface area contributed by atoms with Crippen molar-refractivity contribution in [1.29, 1.82) is 0 Å². The van der Waals surface area contributed by atoms with Crippen molar-refractivity contribution in [3.05, 3.63) is 41.2 Å². The average Bonchev–Trinajstić information content (AvgIpc) is 2.69. The van der Waals surface area contributed by atoms with Gasteiger partial charge in [-0.15, -0.1) is 10.2 Å². The lowest BCUT2D eigenvalue weighted by Crippen LogP contribution is -2.08. The van der Waals surface area contributed by atoms with Crippen LogP contribution in [-0.2, 0) is 24.7 Å². The minimum absolute atomic E-state index is 0.00938. The molecule has 0 saturated heterocycles. The van der Waals surface area contributed by atoms with Gasteiger partial charge in [-0.25, -0.2) is 8.78 Å². The van der Waals surface area contributed by atoms with Crippen molar-refractivity contribution >= 4 is 5.78 Å². The molecule has 0 spiro atoms. The van der Waals surface area contributed by atoms with E-state index in [1.165, 1.54) is 10.9 Å². The molecule has 1 aromatic carbocycles. The molecule has 0 radical (unpaired) electrons. The monoisotopic (exact) mass is 252 g/mol. The maximum atomic E-state index is 12.9. The molecular weight excluding hydrogens is 242 g/mol. The van der Waals surface area contributed by atoms with Crippen LogP contribution in [0.5, 0.6) is 0 Å². The van der Waals surface area contributed by atoms with Crippen LogP contribution in [0.3, 0.4) is 0 Å². The van der Waals surface area contributed by atoms with Crippen LogP contribution in [-0.4, -0.2) is 26.0 Å². The van der Waals surface area contributed by atoms with Gasteiger partial charge in [0.05, 0.1) is 13.5 Å². The largest absolute Gasteiger partial charge is 0.299 e. The molecule has 2 aromatic rings. The Morgan fingerprint density at radius 3 is 2.67 bits per heavy atom. The lowest BCUT2D eigenvalue weighted by Gasteiger charge is -2.00. The van der Waals surface area contributed by atoms with Gasteiger partial charge in [0.15, 0.2) is 17.5 Å². The molecule has 0 bridgehead atoms. The minimum atomic E-state index is -0.960. The molecule has 0 aliphatic carbocycles. The van der Waals surface area contributed by atoms with Crippen molar-refractivity contribution < 1.29 is 13.6 Å². The predicted octanol–water partition coefficient (Wildman–Crippen LogP) is 0.843. The summed E-state index contributed by atoms with van der Waals surface area (Å²) in [5.74, 6) is -1.76. The van der Waals surface area contributed by atoms with E-state index in [0.29, 0.717) is 11.4 Å². The van der Waals surface area contributed by atoms with Crippen LogP contribution in [0.4, 0.5) is 8.78 Å². The standard InChI is InChI=1S/C11H10F2N4O/c1-17-15-11(14-16-17)6-8(18)4-7-2-3-9(12)10(13)5-7/h2-3,5H,4,6H2,1H3. The average molecular weight is 252 g/mol. The number of benzene rings is 1. The van der Waals surface area contributed by atoms with E-state index in [9.17, 15) is 13.6 Å². The number of halogens is 2. The second kappa shape index (κ2) is 4.99. The molecule has 0 fully saturated rings. The fourth-order valence-electron chi connectivity index (χ4n) is 1.51. The van der Waals surface area contributed by atoms with Crippen molar-refractivity contribution in [3.63, 3.8) is 0 Å². The molecule has 0 aliphatic heterocycles. The molecule has 1 aromatic heterocycles. The van der Waals surface area contributed by atoms with Gasteiger partial charge in [0.1, 0.15) is 5.78 Å². The number of aromatic nitrogens is 4. The highest BCUT2D eigenvalue weighted by atomic mass is 19.2. The molecule has 0 saturated carbocycles. The molecule has 0 amide bonds. The fraction of sp³-hybridized carbons (Fsp3) is 0.273. The van der Waals surface area contributed by atoms with E-state index >= 15 is 0 Å². The second-order valence-electron chi connectivity index (χ2n) is 3.84. The molecule has 94 valence electrons. The Labute approximate surface area is 101 Å². The number of ketones is 1. The summed E-state index contributed by atoms with van der Waals surface area (Å²) in [5.41, 5.74) is 0.419. The number of rotatable bonds is 4. The van der Waals surface area contributed by atoms with Crippen LogP contribution in [0, 0.1) is 11.6 Å². The molecule has 0 unspecified atom stereocenters. The maximum Gasteiger partial charge on any atom is 0.182 e. The van der Waals surface area contributed by atoms with Gasteiger partial charge in [0.25, 0.3) is 0 Å². The number of Topliss-reactive ketones (excluding diaryl/α,β-unsaturated/α-hetero) is 1. The van der Waals surface area contributed by atoms with Gasteiger partial charge in [-0.05, 0) is 22.9 Å². The number of hydrogen-bond acceptors (Lipinski definition) is 4. The number of carbonyl (C=O) groups excluding carboxylic acids is 1. The van der Waals surface area contributed by atoms with Crippen molar-refractivity contribution in [2.24, 2.45) is 7.05 Å². The summed E-state index contributed by atoms with van der Waals surface area (Å²) in [6, 6.07) is 3.39. The summed E-state index contributed by atoms with van der Waals surface area (Å²) in [5, 5.41) is 11.1. The zero-order valence-corrected chi connectivity index (χ0v) is 9.60. The Balaban J connectivity index is 2.00. The first kappa shape index (κ1) is 12.3. The smallest absolute Gasteiger partial charge is 0.182 e. The van der Waals surface area contributed by atoms with Crippen LogP contribution in [0.25, 0.3) is 0 Å². The van der Waals surface area contributed by atoms with Gasteiger partial charge in [0.2, 0.25) is 0 Å². The first-order valence-corrected chi connectivity index (χ1v) is 5.23. The minimum Gasteiger partial charge on any atom is -0.299 e. The molecule has 5 nitrogen and oxygen atoms in total. The number of nitrogens with zero attached hydrogens (tertiary/aromatic N) is 4. The zero-order chi connectivity index (χ0) is 13.1. The van der Waals surface area contributed by atoms with Gasteiger partial charge in [0, 0.05) is 6.42 Å². The van der Waals surface area contributed by atoms with Crippen LogP contribution < -0.4 is 0 Å². The number of tetrazole rings is 1. The first-order chi connectivity index (χ1) is 8.54. The highest BCUT2D eigenvalue weighted by Gasteiger charge is 2.11. The van der Waals surface area contributed by atoms with Gasteiger partial charge in [-0.3, -0.25) is 4.79 Å². The third-order valence-electron chi connectivity index (χ3n) is 2.29. The summed E-state index contributed by atoms with van der Waals surface area (Å²) in [7, 11) is 1.59.